The number of nitrogens with one attached hydrogen (secondary N) is 1. The number of aryl methyl sites for hydroxylation is 2. The van der Waals surface area contributed by atoms with Crippen molar-refractivity contribution in [3.8, 4) is 0 Å². The van der Waals surface area contributed by atoms with Gasteiger partial charge < -0.3 is 10.2 Å². The van der Waals surface area contributed by atoms with Crippen molar-refractivity contribution in [1.82, 2.24) is 20.0 Å². The molecule has 0 spiro atoms. The van der Waals surface area contributed by atoms with Gasteiger partial charge in [0.2, 0.25) is 5.91 Å². The van der Waals surface area contributed by atoms with Crippen molar-refractivity contribution in [2.45, 2.75) is 45.1 Å². The van der Waals surface area contributed by atoms with Gasteiger partial charge in [-0.25, -0.2) is 9.48 Å². The number of benzene rings is 1. The maximum Gasteiger partial charge on any atom is 0.325 e. The normalized spacial score (nSPS) is 18.5. The van der Waals surface area contributed by atoms with Crippen LogP contribution in [0, 0.1) is 0 Å². The van der Waals surface area contributed by atoms with Crippen molar-refractivity contribution >= 4 is 17.6 Å². The van der Waals surface area contributed by atoms with Crippen LogP contribution in [0.15, 0.2) is 35.1 Å². The lowest BCUT2D eigenvalue weighted by Crippen LogP contribution is -2.45. The van der Waals surface area contributed by atoms with Crippen molar-refractivity contribution in [3.63, 3.8) is 0 Å². The summed E-state index contributed by atoms with van der Waals surface area (Å²) in [5, 5.41) is 7.33. The number of urea groups is 1. The molecule has 1 atom stereocenters. The molecule has 2 aromatic rings. The molecule has 0 bridgehead atoms. The Bertz CT molecular complexity index is 1040. The van der Waals surface area contributed by atoms with Crippen LogP contribution in [0.1, 0.15) is 43.0 Å². The summed E-state index contributed by atoms with van der Waals surface area (Å²) in [6.45, 7) is 5.40. The number of nitrogens with zero attached hydrogens (tertiary/aromatic N) is 4. The molecule has 2 heterocycles. The summed E-state index contributed by atoms with van der Waals surface area (Å²) in [6.07, 6.45) is 2.08. The van der Waals surface area contributed by atoms with Crippen molar-refractivity contribution in [3.05, 3.63) is 57.5 Å². The molecule has 31 heavy (non-hydrogen) atoms. The van der Waals surface area contributed by atoms with E-state index in [2.05, 4.69) is 24.3 Å². The lowest BCUT2D eigenvalue weighted by Gasteiger charge is -2.26. The zero-order valence-corrected chi connectivity index (χ0v) is 18.3. The third kappa shape index (κ3) is 4.47. The predicted octanol–water partition coefficient (Wildman–Crippen LogP) is 1.82. The summed E-state index contributed by atoms with van der Waals surface area (Å²) in [7, 11) is 1.64. The van der Waals surface area contributed by atoms with Crippen LogP contribution in [0.5, 0.6) is 0 Å². The fraction of sp³-hybridized carbons (Fsp3) is 0.478. The molecule has 1 N–H and O–H groups in total. The molecule has 3 amide bonds. The van der Waals surface area contributed by atoms with Crippen molar-refractivity contribution in [2.75, 3.05) is 24.5 Å². The Hall–Kier alpha value is -3.16. The van der Waals surface area contributed by atoms with Gasteiger partial charge in [-0.2, -0.15) is 5.10 Å². The topological polar surface area (TPSA) is 87.5 Å². The lowest BCUT2D eigenvalue weighted by atomic mass is 9.92. The van der Waals surface area contributed by atoms with Crippen LogP contribution in [0.25, 0.3) is 0 Å². The largest absolute Gasteiger partial charge is 0.351 e. The van der Waals surface area contributed by atoms with Crippen molar-refractivity contribution in [2.24, 2.45) is 7.05 Å². The van der Waals surface area contributed by atoms with Gasteiger partial charge in [-0.3, -0.25) is 14.5 Å². The van der Waals surface area contributed by atoms with E-state index in [-0.39, 0.29) is 30.1 Å². The maximum absolute atomic E-state index is 12.8. The third-order valence-corrected chi connectivity index (χ3v) is 6.12. The summed E-state index contributed by atoms with van der Waals surface area (Å²) in [5.74, 6) is 0.268. The molecule has 8 heteroatoms. The zero-order valence-electron chi connectivity index (χ0n) is 18.3. The van der Waals surface area contributed by atoms with Crippen molar-refractivity contribution < 1.29 is 9.59 Å². The lowest BCUT2D eigenvalue weighted by molar-refractivity contribution is -0.122. The molecule has 4 rings (SSSR count). The molecule has 164 valence electrons. The monoisotopic (exact) mass is 423 g/mol. The second kappa shape index (κ2) is 8.53. The molecular weight excluding hydrogens is 394 g/mol. The van der Waals surface area contributed by atoms with Crippen LogP contribution in [0.3, 0.4) is 0 Å². The summed E-state index contributed by atoms with van der Waals surface area (Å²) < 4.78 is 1.35. The van der Waals surface area contributed by atoms with E-state index in [1.165, 1.54) is 10.2 Å². The van der Waals surface area contributed by atoms with Gasteiger partial charge in [-0.05, 0) is 48.4 Å². The van der Waals surface area contributed by atoms with E-state index in [0.717, 1.165) is 29.8 Å². The number of amides is 3. The van der Waals surface area contributed by atoms with Crippen LogP contribution in [-0.2, 0) is 24.7 Å². The molecule has 1 fully saturated rings. The van der Waals surface area contributed by atoms with Crippen LogP contribution in [-0.4, -0.2) is 52.3 Å². The zero-order chi connectivity index (χ0) is 22.1. The number of hydrogen-bond donors (Lipinski definition) is 1. The van der Waals surface area contributed by atoms with E-state index in [0.29, 0.717) is 25.4 Å². The Labute approximate surface area is 181 Å². The number of hydrogen-bond acceptors (Lipinski definition) is 4. The number of anilines is 1. The van der Waals surface area contributed by atoms with Crippen LogP contribution < -0.4 is 15.8 Å². The average molecular weight is 424 g/mol. The molecule has 1 aliphatic heterocycles. The minimum atomic E-state index is -0.171. The molecule has 1 aromatic heterocycles. The van der Waals surface area contributed by atoms with Gasteiger partial charge in [0.05, 0.1) is 5.69 Å². The molecule has 1 aliphatic carbocycles. The Kier molecular flexibility index (Phi) is 5.80. The smallest absolute Gasteiger partial charge is 0.325 e. The first-order chi connectivity index (χ1) is 14.8. The highest BCUT2D eigenvalue weighted by molar-refractivity contribution is 5.96. The van der Waals surface area contributed by atoms with Gasteiger partial charge >= 0.3 is 6.03 Å². The molecule has 2 aliphatic rings. The minimum Gasteiger partial charge on any atom is -0.351 e. The molecular formula is C23H29N5O3. The van der Waals surface area contributed by atoms with Gasteiger partial charge in [0.15, 0.2) is 0 Å². The van der Waals surface area contributed by atoms with Crippen LogP contribution >= 0.6 is 0 Å². The second-order valence-electron chi connectivity index (χ2n) is 8.69. The predicted molar refractivity (Wildman–Crippen MR) is 118 cm³/mol. The number of carbonyl (C=O) groups excluding carboxylic acids is 2. The van der Waals surface area contributed by atoms with Gasteiger partial charge in [-0.1, -0.05) is 26.0 Å². The van der Waals surface area contributed by atoms with Gasteiger partial charge in [-0.15, -0.1) is 0 Å². The van der Waals surface area contributed by atoms with E-state index in [1.54, 1.807) is 22.9 Å². The van der Waals surface area contributed by atoms with E-state index < -0.39 is 0 Å². The summed E-state index contributed by atoms with van der Waals surface area (Å²) in [5.41, 5.74) is 3.76. The highest BCUT2D eigenvalue weighted by atomic mass is 16.2. The highest BCUT2D eigenvalue weighted by Gasteiger charge is 2.31. The third-order valence-electron chi connectivity index (χ3n) is 6.12. The summed E-state index contributed by atoms with van der Waals surface area (Å²) in [4.78, 5) is 40.6. The number of aromatic nitrogens is 2. The Morgan fingerprint density at radius 3 is 2.65 bits per heavy atom. The first-order valence-corrected chi connectivity index (χ1v) is 10.8. The molecule has 1 saturated heterocycles. The first kappa shape index (κ1) is 21.1. The fourth-order valence-electron chi connectivity index (χ4n) is 4.26. The SMILES string of the molecule is CC(C)c1ccc(N2CCN(CC(=O)NC3CCc4nn(C)c(=O)cc4C3)C2=O)cc1. The first-order valence-electron chi connectivity index (χ1n) is 10.8. The van der Waals surface area contributed by atoms with Gasteiger partial charge in [0, 0.05) is 37.9 Å². The minimum absolute atomic E-state index is 0.0393. The molecule has 0 radical (unpaired) electrons. The van der Waals surface area contributed by atoms with Crippen molar-refractivity contribution in [1.29, 1.82) is 0 Å². The summed E-state index contributed by atoms with van der Waals surface area (Å²) >= 11 is 0. The quantitative estimate of drug-likeness (QED) is 0.795. The standard InChI is InChI=1S/C23H29N5O3/c1-15(2)16-4-7-19(8-5-16)28-11-10-27(23(28)31)14-21(29)24-18-6-9-20-17(12-18)13-22(30)26(3)25-20/h4-5,7-8,13,15,18H,6,9-12,14H2,1-3H3,(H,24,29). The van der Waals surface area contributed by atoms with Crippen LogP contribution in [0.2, 0.25) is 0 Å². The molecule has 0 saturated carbocycles. The van der Waals surface area contributed by atoms with Gasteiger partial charge in [0.1, 0.15) is 6.54 Å². The van der Waals surface area contributed by atoms with E-state index in [1.807, 2.05) is 24.3 Å². The number of fused-ring (bicyclic) bond motifs is 1. The Morgan fingerprint density at radius 1 is 1.19 bits per heavy atom. The maximum atomic E-state index is 12.8. The highest BCUT2D eigenvalue weighted by Crippen LogP contribution is 2.23. The fourth-order valence-corrected chi connectivity index (χ4v) is 4.26. The number of rotatable bonds is 5. The average Bonchev–Trinajstić information content (AvgIpc) is 3.09. The Morgan fingerprint density at radius 2 is 1.94 bits per heavy atom. The number of carbonyl (C=O) groups is 2. The Balaban J connectivity index is 1.33. The van der Waals surface area contributed by atoms with E-state index in [9.17, 15) is 14.4 Å². The van der Waals surface area contributed by atoms with E-state index >= 15 is 0 Å². The van der Waals surface area contributed by atoms with Gasteiger partial charge in [0.25, 0.3) is 5.56 Å². The summed E-state index contributed by atoms with van der Waals surface area (Å²) in [6, 6.07) is 9.44. The van der Waals surface area contributed by atoms with Crippen LogP contribution in [0.4, 0.5) is 10.5 Å². The molecule has 1 unspecified atom stereocenters. The van der Waals surface area contributed by atoms with E-state index in [4.69, 9.17) is 0 Å². The second-order valence-corrected chi connectivity index (χ2v) is 8.69. The molecule has 8 nitrogen and oxygen atoms in total. The molecule has 1 aromatic carbocycles.